The first kappa shape index (κ1) is 13.1. The number of carbonyl (C=O) groups excluding carboxylic acids is 1. The molecule has 2 atom stereocenters. The second-order valence-corrected chi connectivity index (χ2v) is 5.90. The van der Waals surface area contributed by atoms with Crippen LogP contribution in [-0.4, -0.2) is 22.1 Å². The summed E-state index contributed by atoms with van der Waals surface area (Å²) in [6.45, 7) is 8.29. The van der Waals surface area contributed by atoms with Gasteiger partial charge in [0.2, 0.25) is 0 Å². The number of amides is 1. The molecule has 1 amide bonds. The molecule has 2 rings (SSSR count). The van der Waals surface area contributed by atoms with Crippen LogP contribution in [0.4, 0.5) is 0 Å². The maximum Gasteiger partial charge on any atom is 0.255 e. The number of H-pyrrole nitrogens is 1. The van der Waals surface area contributed by atoms with Crippen LogP contribution >= 0.6 is 0 Å². The third-order valence-electron chi connectivity index (χ3n) is 3.87. The van der Waals surface area contributed by atoms with E-state index in [2.05, 4.69) is 29.4 Å². The van der Waals surface area contributed by atoms with Gasteiger partial charge in [0.05, 0.1) is 11.3 Å². The summed E-state index contributed by atoms with van der Waals surface area (Å²) in [5, 5.41) is 10.1. The highest BCUT2D eigenvalue weighted by molar-refractivity contribution is 5.96. The summed E-state index contributed by atoms with van der Waals surface area (Å²) >= 11 is 0. The van der Waals surface area contributed by atoms with Gasteiger partial charge in [0.15, 0.2) is 0 Å². The van der Waals surface area contributed by atoms with E-state index in [1.54, 1.807) is 0 Å². The zero-order chi connectivity index (χ0) is 13.3. The molecule has 1 aliphatic carbocycles. The summed E-state index contributed by atoms with van der Waals surface area (Å²) in [6, 6.07) is 0.310. The highest BCUT2D eigenvalue weighted by Gasteiger charge is 2.26. The largest absolute Gasteiger partial charge is 0.349 e. The van der Waals surface area contributed by atoms with E-state index in [0.29, 0.717) is 23.4 Å². The molecule has 2 N–H and O–H groups in total. The van der Waals surface area contributed by atoms with Crippen molar-refractivity contribution in [2.75, 3.05) is 0 Å². The summed E-state index contributed by atoms with van der Waals surface area (Å²) in [5.74, 6) is 1.42. The van der Waals surface area contributed by atoms with E-state index in [1.165, 1.54) is 6.42 Å². The number of aromatic nitrogens is 2. The zero-order valence-corrected chi connectivity index (χ0v) is 11.7. The molecule has 2 unspecified atom stereocenters. The van der Waals surface area contributed by atoms with Crippen molar-refractivity contribution in [2.45, 2.75) is 53.0 Å². The van der Waals surface area contributed by atoms with Gasteiger partial charge in [-0.15, -0.1) is 0 Å². The summed E-state index contributed by atoms with van der Waals surface area (Å²) < 4.78 is 0. The van der Waals surface area contributed by atoms with Crippen LogP contribution in [0.25, 0.3) is 0 Å². The molecule has 1 saturated carbocycles. The lowest BCUT2D eigenvalue weighted by Crippen LogP contribution is -2.40. The van der Waals surface area contributed by atoms with Gasteiger partial charge in [0.1, 0.15) is 0 Å². The van der Waals surface area contributed by atoms with E-state index >= 15 is 0 Å². The van der Waals surface area contributed by atoms with E-state index in [-0.39, 0.29) is 5.91 Å². The smallest absolute Gasteiger partial charge is 0.255 e. The van der Waals surface area contributed by atoms with Crippen LogP contribution in [0.1, 0.15) is 54.9 Å². The average Bonchev–Trinajstić information content (AvgIpc) is 2.56. The molecule has 100 valence electrons. The number of rotatable bonds is 2. The number of aromatic amines is 1. The summed E-state index contributed by atoms with van der Waals surface area (Å²) in [7, 11) is 0. The van der Waals surface area contributed by atoms with E-state index in [9.17, 15) is 4.79 Å². The van der Waals surface area contributed by atoms with Crippen LogP contribution in [0.15, 0.2) is 0 Å². The molecular weight excluding hydrogens is 226 g/mol. The molecule has 1 aliphatic rings. The van der Waals surface area contributed by atoms with Crippen molar-refractivity contribution in [3.8, 4) is 0 Å². The SMILES string of the molecule is Cc1n[nH]c(C)c1C(=O)NC1CC(C)CC(C)C1. The molecule has 1 fully saturated rings. The first-order valence-electron chi connectivity index (χ1n) is 6.79. The maximum absolute atomic E-state index is 12.3. The third kappa shape index (κ3) is 2.74. The van der Waals surface area contributed by atoms with Gasteiger partial charge in [-0.2, -0.15) is 5.10 Å². The van der Waals surface area contributed by atoms with Gasteiger partial charge in [-0.05, 0) is 44.9 Å². The molecule has 1 aromatic heterocycles. The Morgan fingerprint density at radius 2 is 1.83 bits per heavy atom. The predicted octanol–water partition coefficient (Wildman–Crippen LogP) is 2.58. The predicted molar refractivity (Wildman–Crippen MR) is 71.5 cm³/mol. The topological polar surface area (TPSA) is 57.8 Å². The molecule has 0 saturated heterocycles. The number of hydrogen-bond donors (Lipinski definition) is 2. The van der Waals surface area contributed by atoms with Crippen molar-refractivity contribution < 1.29 is 4.79 Å². The second-order valence-electron chi connectivity index (χ2n) is 5.90. The highest BCUT2D eigenvalue weighted by Crippen LogP contribution is 2.28. The number of carbonyl (C=O) groups is 1. The Hall–Kier alpha value is -1.32. The maximum atomic E-state index is 12.3. The molecule has 4 nitrogen and oxygen atoms in total. The van der Waals surface area contributed by atoms with E-state index < -0.39 is 0 Å². The Morgan fingerprint density at radius 1 is 1.22 bits per heavy atom. The first-order chi connectivity index (χ1) is 8.47. The summed E-state index contributed by atoms with van der Waals surface area (Å²) in [5.41, 5.74) is 2.34. The molecule has 0 spiro atoms. The Kier molecular flexibility index (Phi) is 3.73. The van der Waals surface area contributed by atoms with Gasteiger partial charge < -0.3 is 5.32 Å². The normalized spacial score (nSPS) is 28.1. The lowest BCUT2D eigenvalue weighted by molar-refractivity contribution is 0.0910. The molecule has 1 aromatic rings. The Labute approximate surface area is 109 Å². The molecule has 0 aromatic carbocycles. The fraction of sp³-hybridized carbons (Fsp3) is 0.714. The molecule has 0 bridgehead atoms. The van der Waals surface area contributed by atoms with Gasteiger partial charge in [-0.1, -0.05) is 13.8 Å². The number of aryl methyl sites for hydroxylation is 2. The number of hydrogen-bond acceptors (Lipinski definition) is 2. The van der Waals surface area contributed by atoms with Gasteiger partial charge in [0, 0.05) is 11.7 Å². The highest BCUT2D eigenvalue weighted by atomic mass is 16.1. The van der Waals surface area contributed by atoms with Crippen molar-refractivity contribution in [1.29, 1.82) is 0 Å². The Bertz CT molecular complexity index is 409. The second kappa shape index (κ2) is 5.12. The van der Waals surface area contributed by atoms with Crippen LogP contribution < -0.4 is 5.32 Å². The minimum atomic E-state index is 0.0186. The molecule has 0 aliphatic heterocycles. The Balaban J connectivity index is 2.03. The van der Waals surface area contributed by atoms with Crippen molar-refractivity contribution in [1.82, 2.24) is 15.5 Å². The average molecular weight is 249 g/mol. The van der Waals surface area contributed by atoms with E-state index in [0.717, 1.165) is 24.2 Å². The van der Waals surface area contributed by atoms with Crippen molar-refractivity contribution >= 4 is 5.91 Å². The molecular formula is C14H23N3O. The fourth-order valence-electron chi connectivity index (χ4n) is 3.21. The van der Waals surface area contributed by atoms with Crippen LogP contribution in [0.2, 0.25) is 0 Å². The van der Waals surface area contributed by atoms with Crippen molar-refractivity contribution in [3.05, 3.63) is 17.0 Å². The van der Waals surface area contributed by atoms with Crippen LogP contribution in [0, 0.1) is 25.7 Å². The lowest BCUT2D eigenvalue weighted by atomic mass is 9.80. The minimum Gasteiger partial charge on any atom is -0.349 e. The molecule has 4 heteroatoms. The van der Waals surface area contributed by atoms with Gasteiger partial charge in [0.25, 0.3) is 5.91 Å². The molecule has 18 heavy (non-hydrogen) atoms. The summed E-state index contributed by atoms with van der Waals surface area (Å²) in [6.07, 6.45) is 3.45. The molecule has 0 radical (unpaired) electrons. The monoisotopic (exact) mass is 249 g/mol. The van der Waals surface area contributed by atoms with Crippen molar-refractivity contribution in [3.63, 3.8) is 0 Å². The number of nitrogens with zero attached hydrogens (tertiary/aromatic N) is 1. The lowest BCUT2D eigenvalue weighted by Gasteiger charge is -2.31. The molecule has 1 heterocycles. The number of nitrogens with one attached hydrogen (secondary N) is 2. The third-order valence-corrected chi connectivity index (χ3v) is 3.87. The minimum absolute atomic E-state index is 0.0186. The first-order valence-corrected chi connectivity index (χ1v) is 6.79. The van der Waals surface area contributed by atoms with Crippen LogP contribution in [-0.2, 0) is 0 Å². The van der Waals surface area contributed by atoms with Crippen LogP contribution in [0.3, 0.4) is 0 Å². The van der Waals surface area contributed by atoms with E-state index in [1.807, 2.05) is 13.8 Å². The van der Waals surface area contributed by atoms with E-state index in [4.69, 9.17) is 0 Å². The van der Waals surface area contributed by atoms with Crippen molar-refractivity contribution in [2.24, 2.45) is 11.8 Å². The van der Waals surface area contributed by atoms with Gasteiger partial charge >= 0.3 is 0 Å². The quantitative estimate of drug-likeness (QED) is 0.846. The standard InChI is InChI=1S/C14H23N3O/c1-8-5-9(2)7-12(6-8)15-14(18)13-10(3)16-17-11(13)4/h8-9,12H,5-7H2,1-4H3,(H,15,18)(H,16,17). The fourth-order valence-corrected chi connectivity index (χ4v) is 3.21. The summed E-state index contributed by atoms with van der Waals surface area (Å²) in [4.78, 5) is 12.3. The van der Waals surface area contributed by atoms with Gasteiger partial charge in [-0.25, -0.2) is 0 Å². The van der Waals surface area contributed by atoms with Crippen LogP contribution in [0.5, 0.6) is 0 Å². The van der Waals surface area contributed by atoms with Gasteiger partial charge in [-0.3, -0.25) is 9.89 Å². The Morgan fingerprint density at radius 3 is 2.33 bits per heavy atom. The zero-order valence-electron chi connectivity index (χ0n) is 11.7.